The van der Waals surface area contributed by atoms with Crippen LogP contribution in [0, 0.1) is 13.8 Å². The van der Waals surface area contributed by atoms with Crippen molar-refractivity contribution in [2.24, 2.45) is 0 Å². The van der Waals surface area contributed by atoms with Crippen molar-refractivity contribution in [1.29, 1.82) is 0 Å². The zero-order valence-electron chi connectivity index (χ0n) is 33.5. The van der Waals surface area contributed by atoms with E-state index in [0.717, 1.165) is 11.4 Å². The van der Waals surface area contributed by atoms with E-state index in [-0.39, 0.29) is 5.92 Å². The fraction of sp³-hybridized carbons (Fsp3) is 0.0526. The first-order chi connectivity index (χ1) is 29.6. The van der Waals surface area contributed by atoms with Gasteiger partial charge in [-0.2, -0.15) is 0 Å². The molecule has 0 N–H and O–H groups in total. The molecule has 0 saturated carbocycles. The van der Waals surface area contributed by atoms with Gasteiger partial charge in [0.1, 0.15) is 0 Å². The summed E-state index contributed by atoms with van der Waals surface area (Å²) >= 11 is 0. The molecular weight excluding hydrogens is 727 g/mol. The summed E-state index contributed by atoms with van der Waals surface area (Å²) < 4.78 is 7.35. The van der Waals surface area contributed by atoms with E-state index in [9.17, 15) is 0 Å². The van der Waals surface area contributed by atoms with Crippen LogP contribution in [0.15, 0.2) is 206 Å². The van der Waals surface area contributed by atoms with Gasteiger partial charge in [0.2, 0.25) is 0 Å². The quantitative estimate of drug-likeness (QED) is 0.166. The van der Waals surface area contributed by atoms with Crippen molar-refractivity contribution in [3.8, 4) is 16.8 Å². The summed E-state index contributed by atoms with van der Waals surface area (Å²) in [5.74, 6) is 0.000288. The Hall–Kier alpha value is -7.62. The van der Waals surface area contributed by atoms with Crippen LogP contribution in [0.3, 0.4) is 0 Å². The van der Waals surface area contributed by atoms with E-state index in [2.05, 4.69) is 234 Å². The number of allylic oxidation sites excluding steroid dienone is 6. The molecule has 0 saturated heterocycles. The third-order valence-electron chi connectivity index (χ3n) is 12.8. The zero-order chi connectivity index (χ0) is 39.9. The second kappa shape index (κ2) is 13.5. The fourth-order valence-corrected chi connectivity index (χ4v) is 9.97. The number of hydrogen-bond donors (Lipinski definition) is 0. The van der Waals surface area contributed by atoms with Crippen molar-refractivity contribution in [1.82, 2.24) is 13.7 Å². The number of para-hydroxylation sites is 5. The van der Waals surface area contributed by atoms with Crippen LogP contribution >= 0.6 is 0 Å². The van der Waals surface area contributed by atoms with E-state index in [1.807, 2.05) is 0 Å². The summed E-state index contributed by atoms with van der Waals surface area (Å²) in [4.78, 5) is 0. The molecule has 12 rings (SSSR count). The average molecular weight is 768 g/mol. The second-order valence-electron chi connectivity index (χ2n) is 16.2. The highest BCUT2D eigenvalue weighted by atomic mass is 15.0. The molecule has 1 aliphatic rings. The van der Waals surface area contributed by atoms with E-state index >= 15 is 0 Å². The third-order valence-corrected chi connectivity index (χ3v) is 12.8. The number of fused-ring (bicyclic) bond motifs is 9. The summed E-state index contributed by atoms with van der Waals surface area (Å²) in [5.41, 5.74) is 17.0. The van der Waals surface area contributed by atoms with Gasteiger partial charge in [0.25, 0.3) is 0 Å². The number of benzene rings is 8. The second-order valence-corrected chi connectivity index (χ2v) is 16.2. The molecule has 0 bridgehead atoms. The van der Waals surface area contributed by atoms with Crippen LogP contribution in [0.1, 0.15) is 22.6 Å². The molecule has 3 heteroatoms. The summed E-state index contributed by atoms with van der Waals surface area (Å²) in [5, 5.41) is 7.52. The molecule has 60 heavy (non-hydrogen) atoms. The van der Waals surface area contributed by atoms with E-state index in [1.165, 1.54) is 98.9 Å². The maximum Gasteiger partial charge on any atom is 0.0541 e. The van der Waals surface area contributed by atoms with Gasteiger partial charge in [0.15, 0.2) is 0 Å². The highest BCUT2D eigenvalue weighted by Gasteiger charge is 2.21. The average Bonchev–Trinajstić information content (AvgIpc) is 3.86. The van der Waals surface area contributed by atoms with Crippen LogP contribution in [0.4, 0.5) is 0 Å². The molecule has 8 aromatic carbocycles. The van der Waals surface area contributed by atoms with Gasteiger partial charge in [0.05, 0.1) is 33.1 Å². The molecule has 0 amide bonds. The lowest BCUT2D eigenvalue weighted by Crippen LogP contribution is -2.00. The molecular formula is C57H41N3. The Labute approximate surface area is 348 Å². The van der Waals surface area contributed by atoms with Gasteiger partial charge in [-0.3, -0.25) is 0 Å². The van der Waals surface area contributed by atoms with Crippen molar-refractivity contribution >= 4 is 76.8 Å². The smallest absolute Gasteiger partial charge is 0.0541 e. The first kappa shape index (κ1) is 34.4. The minimum Gasteiger partial charge on any atom is -0.309 e. The molecule has 0 aliphatic heterocycles. The molecule has 0 spiro atoms. The summed E-state index contributed by atoms with van der Waals surface area (Å²) in [6.45, 7) is 4.42. The first-order valence-corrected chi connectivity index (χ1v) is 20.9. The van der Waals surface area contributed by atoms with Gasteiger partial charge in [0, 0.05) is 55.3 Å². The Kier molecular flexibility index (Phi) is 7.73. The van der Waals surface area contributed by atoms with Crippen LogP contribution in [-0.2, 0) is 0 Å². The maximum absolute atomic E-state index is 2.46. The molecule has 0 radical (unpaired) electrons. The fourth-order valence-electron chi connectivity index (χ4n) is 9.97. The van der Waals surface area contributed by atoms with Crippen molar-refractivity contribution in [2.45, 2.75) is 19.8 Å². The Morgan fingerprint density at radius 1 is 0.367 bits per heavy atom. The van der Waals surface area contributed by atoms with Crippen LogP contribution in [0.2, 0.25) is 0 Å². The van der Waals surface area contributed by atoms with E-state index < -0.39 is 0 Å². The van der Waals surface area contributed by atoms with Gasteiger partial charge >= 0.3 is 0 Å². The van der Waals surface area contributed by atoms with Crippen molar-refractivity contribution < 1.29 is 0 Å². The molecule has 284 valence electrons. The monoisotopic (exact) mass is 767 g/mol. The number of aryl methyl sites for hydroxylation is 2. The summed E-state index contributed by atoms with van der Waals surface area (Å²) in [6, 6.07) is 66.8. The lowest BCUT2D eigenvalue weighted by molar-refractivity contribution is 1.07. The largest absolute Gasteiger partial charge is 0.309 e. The Bertz CT molecular complexity index is 3530. The Balaban J connectivity index is 1.08. The first-order valence-electron chi connectivity index (χ1n) is 20.9. The predicted octanol–water partition coefficient (Wildman–Crippen LogP) is 15.0. The third kappa shape index (κ3) is 5.22. The van der Waals surface area contributed by atoms with Crippen molar-refractivity contribution in [3.63, 3.8) is 0 Å². The van der Waals surface area contributed by atoms with Crippen LogP contribution < -0.4 is 0 Å². The topological polar surface area (TPSA) is 14.8 Å². The molecule has 11 aromatic rings. The lowest BCUT2D eigenvalue weighted by Gasteiger charge is -2.15. The molecule has 0 fully saturated rings. The van der Waals surface area contributed by atoms with Crippen LogP contribution in [0.25, 0.3) is 93.6 Å². The van der Waals surface area contributed by atoms with Gasteiger partial charge in [-0.1, -0.05) is 133 Å². The SMILES string of the molecule is Cc1ccccc1-c1cc(-n2c3ccccc3c3cc(C4C=CC(n5c6ccccc6c6ccccc65)=CC(n5c6ccccc6c6ccccc65)=C4)ccc32)ccc1C. The van der Waals surface area contributed by atoms with Crippen molar-refractivity contribution in [2.75, 3.05) is 0 Å². The minimum atomic E-state index is 0.000288. The molecule has 3 heterocycles. The number of rotatable bonds is 5. The summed E-state index contributed by atoms with van der Waals surface area (Å²) in [6.07, 6.45) is 9.59. The van der Waals surface area contributed by atoms with Crippen LogP contribution in [-0.4, -0.2) is 13.7 Å². The molecule has 3 nitrogen and oxygen atoms in total. The Morgan fingerprint density at radius 2 is 0.833 bits per heavy atom. The predicted molar refractivity (Wildman–Crippen MR) is 255 cm³/mol. The normalized spacial score (nSPS) is 14.5. The number of nitrogens with zero attached hydrogens (tertiary/aromatic N) is 3. The number of hydrogen-bond acceptors (Lipinski definition) is 0. The maximum atomic E-state index is 2.46. The van der Waals surface area contributed by atoms with Gasteiger partial charge < -0.3 is 13.7 Å². The van der Waals surface area contributed by atoms with Gasteiger partial charge in [-0.15, -0.1) is 0 Å². The van der Waals surface area contributed by atoms with Gasteiger partial charge in [-0.05, 0) is 114 Å². The highest BCUT2D eigenvalue weighted by Crippen LogP contribution is 2.41. The van der Waals surface area contributed by atoms with Gasteiger partial charge in [-0.25, -0.2) is 0 Å². The molecule has 3 aromatic heterocycles. The Morgan fingerprint density at radius 3 is 1.42 bits per heavy atom. The highest BCUT2D eigenvalue weighted by molar-refractivity contribution is 6.13. The lowest BCUT2D eigenvalue weighted by atomic mass is 9.95. The minimum absolute atomic E-state index is 0.000288. The van der Waals surface area contributed by atoms with E-state index in [0.29, 0.717) is 0 Å². The molecule has 1 aliphatic carbocycles. The van der Waals surface area contributed by atoms with Crippen LogP contribution in [0.5, 0.6) is 0 Å². The van der Waals surface area contributed by atoms with E-state index in [4.69, 9.17) is 0 Å². The molecule has 1 atom stereocenters. The van der Waals surface area contributed by atoms with E-state index in [1.54, 1.807) is 0 Å². The zero-order valence-corrected chi connectivity index (χ0v) is 33.5. The molecule has 1 unspecified atom stereocenters. The number of aromatic nitrogens is 3. The van der Waals surface area contributed by atoms with Crippen molar-refractivity contribution in [3.05, 3.63) is 223 Å². The standard InChI is InChI=1S/C57H41N3/c1-37-15-3-4-16-44(37)50-36-42(30-27-38(50)2)59-56-26-14-9-21-49(56)51-34-40(29-32-57(51)59)39-28-31-41(58-52-22-10-5-17-45(52)46-18-6-11-23-53(46)58)35-43(33-39)60-54-24-12-7-19-47(54)48-20-8-13-25-55(48)60/h3-36,39H,1-2H3. The summed E-state index contributed by atoms with van der Waals surface area (Å²) in [7, 11) is 0.